The summed E-state index contributed by atoms with van der Waals surface area (Å²) in [7, 11) is 0. The first-order chi connectivity index (χ1) is 8.61. The van der Waals surface area contributed by atoms with E-state index in [1.165, 1.54) is 25.7 Å². The lowest BCUT2D eigenvalue weighted by atomic mass is 9.72. The van der Waals surface area contributed by atoms with Gasteiger partial charge in [-0.15, -0.1) is 0 Å². The quantitative estimate of drug-likeness (QED) is 0.781. The highest BCUT2D eigenvalue weighted by molar-refractivity contribution is 5.03. The van der Waals surface area contributed by atoms with Gasteiger partial charge in [0.1, 0.15) is 0 Å². The van der Waals surface area contributed by atoms with Crippen LogP contribution in [0.15, 0.2) is 0 Å². The van der Waals surface area contributed by atoms with Gasteiger partial charge in [0.2, 0.25) is 5.92 Å². The van der Waals surface area contributed by atoms with Gasteiger partial charge < -0.3 is 10.1 Å². The van der Waals surface area contributed by atoms with E-state index in [0.717, 1.165) is 6.54 Å². The number of nitrogens with one attached hydrogen (secondary N) is 1. The van der Waals surface area contributed by atoms with Crippen molar-refractivity contribution in [2.75, 3.05) is 13.2 Å². The lowest BCUT2D eigenvalue weighted by Gasteiger charge is -2.50. The summed E-state index contributed by atoms with van der Waals surface area (Å²) < 4.78 is 32.8. The summed E-state index contributed by atoms with van der Waals surface area (Å²) in [5, 5.41) is 3.58. The number of hydrogen-bond acceptors (Lipinski definition) is 2. The molecular formula is C14H23F2NO. The molecule has 1 spiro atoms. The van der Waals surface area contributed by atoms with Crippen molar-refractivity contribution in [1.29, 1.82) is 0 Å². The summed E-state index contributed by atoms with van der Waals surface area (Å²) in [6, 6.07) is 0.310. The van der Waals surface area contributed by atoms with Crippen molar-refractivity contribution < 1.29 is 13.5 Å². The number of morpholine rings is 1. The van der Waals surface area contributed by atoms with E-state index in [4.69, 9.17) is 4.74 Å². The van der Waals surface area contributed by atoms with Crippen molar-refractivity contribution >= 4 is 0 Å². The summed E-state index contributed by atoms with van der Waals surface area (Å²) in [4.78, 5) is 0. The molecule has 1 saturated heterocycles. The Morgan fingerprint density at radius 2 is 1.67 bits per heavy atom. The normalized spacial score (nSPS) is 36.0. The number of hydrogen-bond donors (Lipinski definition) is 1. The van der Waals surface area contributed by atoms with Crippen LogP contribution in [-0.4, -0.2) is 30.7 Å². The Morgan fingerprint density at radius 3 is 2.33 bits per heavy atom. The zero-order valence-electron chi connectivity index (χ0n) is 10.9. The van der Waals surface area contributed by atoms with E-state index in [0.29, 0.717) is 31.4 Å². The molecule has 3 rings (SSSR count). The van der Waals surface area contributed by atoms with Gasteiger partial charge in [-0.25, -0.2) is 8.78 Å². The molecule has 1 N–H and O–H groups in total. The van der Waals surface area contributed by atoms with Crippen LogP contribution in [0.2, 0.25) is 0 Å². The molecule has 0 radical (unpaired) electrons. The number of halogens is 2. The van der Waals surface area contributed by atoms with E-state index in [2.05, 4.69) is 5.32 Å². The molecule has 104 valence electrons. The molecule has 2 saturated carbocycles. The maximum absolute atomic E-state index is 13.4. The Hall–Kier alpha value is -0.220. The summed E-state index contributed by atoms with van der Waals surface area (Å²) in [6.45, 7) is 1.55. The predicted octanol–water partition coefficient (Wildman–Crippen LogP) is 3.11. The summed E-state index contributed by atoms with van der Waals surface area (Å²) in [5.74, 6) is -1.83. The van der Waals surface area contributed by atoms with Crippen LogP contribution in [0.25, 0.3) is 0 Å². The maximum Gasteiger partial charge on any atom is 0.248 e. The average molecular weight is 259 g/mol. The van der Waals surface area contributed by atoms with Gasteiger partial charge in [0.25, 0.3) is 0 Å². The fourth-order valence-corrected chi connectivity index (χ4v) is 4.13. The van der Waals surface area contributed by atoms with Crippen LogP contribution < -0.4 is 5.32 Å². The lowest BCUT2D eigenvalue weighted by molar-refractivity contribution is -0.169. The largest absolute Gasteiger partial charge is 0.372 e. The Morgan fingerprint density at radius 1 is 1.00 bits per heavy atom. The molecule has 1 heterocycles. The molecule has 0 aromatic carbocycles. The van der Waals surface area contributed by atoms with E-state index in [9.17, 15) is 8.78 Å². The Kier molecular flexibility index (Phi) is 3.35. The Balaban J connectivity index is 1.74. The third-order valence-electron chi connectivity index (χ3n) is 5.12. The number of rotatable bonds is 1. The molecule has 1 unspecified atom stereocenters. The van der Waals surface area contributed by atoms with E-state index in [-0.39, 0.29) is 18.4 Å². The minimum absolute atomic E-state index is 0.00208. The first-order valence-electron chi connectivity index (χ1n) is 7.37. The van der Waals surface area contributed by atoms with Crippen molar-refractivity contribution in [3.63, 3.8) is 0 Å². The first-order valence-corrected chi connectivity index (χ1v) is 7.37. The molecule has 4 heteroatoms. The molecular weight excluding hydrogens is 236 g/mol. The molecule has 3 aliphatic rings. The van der Waals surface area contributed by atoms with Crippen LogP contribution in [-0.2, 0) is 4.74 Å². The van der Waals surface area contributed by atoms with Gasteiger partial charge in [0.15, 0.2) is 0 Å². The topological polar surface area (TPSA) is 21.3 Å². The molecule has 1 aliphatic heterocycles. The third kappa shape index (κ3) is 2.29. The Bertz CT molecular complexity index is 292. The second-order valence-electron chi connectivity index (χ2n) is 6.25. The van der Waals surface area contributed by atoms with E-state index in [1.54, 1.807) is 0 Å². The van der Waals surface area contributed by atoms with Crippen LogP contribution >= 0.6 is 0 Å². The van der Waals surface area contributed by atoms with Crippen molar-refractivity contribution in [2.24, 2.45) is 5.92 Å². The number of alkyl halides is 2. The molecule has 0 bridgehead atoms. The van der Waals surface area contributed by atoms with Crippen molar-refractivity contribution in [2.45, 2.75) is 68.9 Å². The van der Waals surface area contributed by atoms with Crippen molar-refractivity contribution in [3.8, 4) is 0 Å². The first kappa shape index (κ1) is 12.8. The second-order valence-corrected chi connectivity index (χ2v) is 6.25. The van der Waals surface area contributed by atoms with Gasteiger partial charge in [-0.2, -0.15) is 0 Å². The molecule has 0 amide bonds. The van der Waals surface area contributed by atoms with Crippen LogP contribution in [0.4, 0.5) is 8.78 Å². The Labute approximate surface area is 107 Å². The highest BCUT2D eigenvalue weighted by Gasteiger charge is 2.51. The lowest BCUT2D eigenvalue weighted by Crippen LogP contribution is -2.62. The molecule has 0 aromatic heterocycles. The van der Waals surface area contributed by atoms with Gasteiger partial charge in [-0.3, -0.25) is 0 Å². The van der Waals surface area contributed by atoms with Crippen molar-refractivity contribution in [1.82, 2.24) is 5.32 Å². The standard InChI is InChI=1S/C14H23F2NO/c15-14(16)7-5-13(6-8-14)12(17-9-10-18-13)11-3-1-2-4-11/h11-12,17H,1-10H2. The van der Waals surface area contributed by atoms with Gasteiger partial charge in [-0.05, 0) is 31.6 Å². The van der Waals surface area contributed by atoms with E-state index in [1.807, 2.05) is 0 Å². The molecule has 2 nitrogen and oxygen atoms in total. The van der Waals surface area contributed by atoms with Crippen LogP contribution in [0.1, 0.15) is 51.4 Å². The minimum Gasteiger partial charge on any atom is -0.372 e. The minimum atomic E-state index is -2.47. The summed E-state index contributed by atoms with van der Waals surface area (Å²) in [5.41, 5.74) is -0.297. The van der Waals surface area contributed by atoms with Crippen LogP contribution in [0.3, 0.4) is 0 Å². The third-order valence-corrected chi connectivity index (χ3v) is 5.12. The van der Waals surface area contributed by atoms with Crippen LogP contribution in [0.5, 0.6) is 0 Å². The number of ether oxygens (including phenoxy) is 1. The predicted molar refractivity (Wildman–Crippen MR) is 65.8 cm³/mol. The highest BCUT2D eigenvalue weighted by atomic mass is 19.3. The maximum atomic E-state index is 13.4. The monoisotopic (exact) mass is 259 g/mol. The smallest absolute Gasteiger partial charge is 0.248 e. The molecule has 1 atom stereocenters. The van der Waals surface area contributed by atoms with Gasteiger partial charge in [0.05, 0.1) is 12.2 Å². The summed E-state index contributed by atoms with van der Waals surface area (Å²) >= 11 is 0. The zero-order valence-corrected chi connectivity index (χ0v) is 10.9. The van der Waals surface area contributed by atoms with Gasteiger partial charge in [-0.1, -0.05) is 12.8 Å². The van der Waals surface area contributed by atoms with E-state index >= 15 is 0 Å². The van der Waals surface area contributed by atoms with E-state index < -0.39 is 5.92 Å². The SMILES string of the molecule is FC1(F)CCC2(CC1)OCCNC2C1CCCC1. The van der Waals surface area contributed by atoms with Crippen molar-refractivity contribution in [3.05, 3.63) is 0 Å². The molecule has 18 heavy (non-hydrogen) atoms. The summed E-state index contributed by atoms with van der Waals surface area (Å²) in [6.07, 6.45) is 6.08. The fourth-order valence-electron chi connectivity index (χ4n) is 4.13. The van der Waals surface area contributed by atoms with Crippen LogP contribution in [0, 0.1) is 5.92 Å². The highest BCUT2D eigenvalue weighted by Crippen LogP contribution is 2.46. The molecule has 2 aliphatic carbocycles. The van der Waals surface area contributed by atoms with Gasteiger partial charge >= 0.3 is 0 Å². The zero-order chi connectivity index (χ0) is 12.6. The molecule has 3 fully saturated rings. The fraction of sp³-hybridized carbons (Fsp3) is 1.00. The average Bonchev–Trinajstić information content (AvgIpc) is 2.88. The van der Waals surface area contributed by atoms with Gasteiger partial charge in [0, 0.05) is 25.4 Å². The molecule has 0 aromatic rings. The second kappa shape index (κ2) is 4.71.